The van der Waals surface area contributed by atoms with E-state index in [0.29, 0.717) is 0 Å². The summed E-state index contributed by atoms with van der Waals surface area (Å²) in [4.78, 5) is 0.271. The molecule has 0 amide bonds. The molecule has 0 spiro atoms. The highest BCUT2D eigenvalue weighted by atomic mass is 32.2. The van der Waals surface area contributed by atoms with Crippen LogP contribution in [-0.2, 0) is 16.6 Å². The Kier molecular flexibility index (Phi) is 4.55. The van der Waals surface area contributed by atoms with Gasteiger partial charge in [-0.25, -0.2) is 13.1 Å². The second-order valence-electron chi connectivity index (χ2n) is 5.20. The summed E-state index contributed by atoms with van der Waals surface area (Å²) in [5.41, 5.74) is 2.98. The Balaban J connectivity index is 1.75. The monoisotopic (exact) mass is 323 g/mol. The highest BCUT2D eigenvalue weighted by molar-refractivity contribution is 7.89. The molecule has 0 unspecified atom stereocenters. The SMILES string of the molecule is O=S(=O)(NCc1ccccc1)c1ccc(-c2ccccc2)cc1. The van der Waals surface area contributed by atoms with Crippen molar-refractivity contribution in [3.8, 4) is 11.1 Å². The van der Waals surface area contributed by atoms with Crippen molar-refractivity contribution >= 4 is 10.0 Å². The first-order valence-corrected chi connectivity index (χ1v) is 8.82. The lowest BCUT2D eigenvalue weighted by atomic mass is 10.1. The Bertz CT molecular complexity index is 858. The number of hydrogen-bond donors (Lipinski definition) is 1. The van der Waals surface area contributed by atoms with E-state index in [1.807, 2.05) is 72.8 Å². The highest BCUT2D eigenvalue weighted by Gasteiger charge is 2.13. The third-order valence-electron chi connectivity index (χ3n) is 3.58. The first-order valence-electron chi connectivity index (χ1n) is 7.34. The van der Waals surface area contributed by atoms with Gasteiger partial charge >= 0.3 is 0 Å². The van der Waals surface area contributed by atoms with Crippen LogP contribution in [0.1, 0.15) is 5.56 Å². The largest absolute Gasteiger partial charge is 0.240 e. The van der Waals surface area contributed by atoms with Gasteiger partial charge in [-0.1, -0.05) is 72.8 Å². The normalized spacial score (nSPS) is 11.3. The van der Waals surface area contributed by atoms with Crippen molar-refractivity contribution in [2.45, 2.75) is 11.4 Å². The summed E-state index contributed by atoms with van der Waals surface area (Å²) in [5.74, 6) is 0. The second kappa shape index (κ2) is 6.77. The highest BCUT2D eigenvalue weighted by Crippen LogP contribution is 2.21. The summed E-state index contributed by atoms with van der Waals surface area (Å²) in [6.45, 7) is 0.281. The maximum Gasteiger partial charge on any atom is 0.240 e. The maximum absolute atomic E-state index is 12.3. The van der Waals surface area contributed by atoms with Crippen molar-refractivity contribution in [3.63, 3.8) is 0 Å². The number of sulfonamides is 1. The maximum atomic E-state index is 12.3. The minimum atomic E-state index is -3.51. The van der Waals surface area contributed by atoms with Gasteiger partial charge in [0, 0.05) is 6.54 Å². The summed E-state index contributed by atoms with van der Waals surface area (Å²) >= 11 is 0. The predicted octanol–water partition coefficient (Wildman–Crippen LogP) is 3.83. The van der Waals surface area contributed by atoms with Crippen molar-refractivity contribution in [2.75, 3.05) is 0 Å². The average molecular weight is 323 g/mol. The molecule has 3 aromatic carbocycles. The lowest BCUT2D eigenvalue weighted by molar-refractivity contribution is 0.581. The molecule has 0 radical (unpaired) electrons. The van der Waals surface area contributed by atoms with E-state index in [2.05, 4.69) is 4.72 Å². The van der Waals surface area contributed by atoms with Gasteiger partial charge in [0.05, 0.1) is 4.90 Å². The van der Waals surface area contributed by atoms with Gasteiger partial charge < -0.3 is 0 Å². The number of rotatable bonds is 5. The molecule has 0 saturated carbocycles. The van der Waals surface area contributed by atoms with Gasteiger partial charge in [0.15, 0.2) is 0 Å². The average Bonchev–Trinajstić information content (AvgIpc) is 2.62. The molecule has 0 fully saturated rings. The zero-order valence-corrected chi connectivity index (χ0v) is 13.3. The summed E-state index contributed by atoms with van der Waals surface area (Å²) in [7, 11) is -3.51. The summed E-state index contributed by atoms with van der Waals surface area (Å²) < 4.78 is 27.3. The molecule has 1 N–H and O–H groups in total. The minimum Gasteiger partial charge on any atom is -0.207 e. The molecule has 3 nitrogen and oxygen atoms in total. The molecule has 23 heavy (non-hydrogen) atoms. The van der Waals surface area contributed by atoms with Crippen LogP contribution in [0.3, 0.4) is 0 Å². The molecule has 0 heterocycles. The van der Waals surface area contributed by atoms with E-state index in [9.17, 15) is 8.42 Å². The van der Waals surface area contributed by atoms with E-state index in [-0.39, 0.29) is 11.4 Å². The Morgan fingerprint density at radius 1 is 0.652 bits per heavy atom. The smallest absolute Gasteiger partial charge is 0.207 e. The van der Waals surface area contributed by atoms with Crippen LogP contribution in [0.5, 0.6) is 0 Å². The fourth-order valence-corrected chi connectivity index (χ4v) is 3.33. The van der Waals surface area contributed by atoms with Gasteiger partial charge in [0.1, 0.15) is 0 Å². The molecular formula is C19H17NO2S. The Labute approximate surface area is 136 Å². The molecule has 0 atom stereocenters. The van der Waals surface area contributed by atoms with Crippen molar-refractivity contribution in [3.05, 3.63) is 90.5 Å². The second-order valence-corrected chi connectivity index (χ2v) is 6.97. The molecule has 116 valence electrons. The standard InChI is InChI=1S/C19H17NO2S/c21-23(22,20-15-16-7-3-1-4-8-16)19-13-11-18(12-14-19)17-9-5-2-6-10-17/h1-14,20H,15H2. The van der Waals surface area contributed by atoms with Gasteiger partial charge in [0.2, 0.25) is 10.0 Å². The van der Waals surface area contributed by atoms with Crippen LogP contribution in [-0.4, -0.2) is 8.42 Å². The lowest BCUT2D eigenvalue weighted by Crippen LogP contribution is -2.23. The Hall–Kier alpha value is -2.43. The topological polar surface area (TPSA) is 46.2 Å². The minimum absolute atomic E-state index is 0.271. The van der Waals surface area contributed by atoms with Gasteiger partial charge in [-0.3, -0.25) is 0 Å². The van der Waals surface area contributed by atoms with E-state index in [1.54, 1.807) is 12.1 Å². The van der Waals surface area contributed by atoms with Crippen LogP contribution in [0.25, 0.3) is 11.1 Å². The first-order chi connectivity index (χ1) is 11.1. The summed E-state index contributed by atoms with van der Waals surface area (Å²) in [6.07, 6.45) is 0. The van der Waals surface area contributed by atoms with E-state index in [4.69, 9.17) is 0 Å². The fourth-order valence-electron chi connectivity index (χ4n) is 2.31. The van der Waals surface area contributed by atoms with Crippen molar-refractivity contribution in [1.29, 1.82) is 0 Å². The first kappa shape index (κ1) is 15.5. The molecule has 0 aliphatic heterocycles. The molecular weight excluding hydrogens is 306 g/mol. The zero-order chi connectivity index (χ0) is 16.1. The van der Waals surface area contributed by atoms with Gasteiger partial charge in [-0.05, 0) is 28.8 Å². The number of benzene rings is 3. The van der Waals surface area contributed by atoms with Gasteiger partial charge in [0.25, 0.3) is 0 Å². The zero-order valence-electron chi connectivity index (χ0n) is 12.5. The van der Waals surface area contributed by atoms with Crippen molar-refractivity contribution in [1.82, 2.24) is 4.72 Å². The fraction of sp³-hybridized carbons (Fsp3) is 0.0526. The molecule has 3 aromatic rings. The van der Waals surface area contributed by atoms with E-state index >= 15 is 0 Å². The third kappa shape index (κ3) is 3.86. The van der Waals surface area contributed by atoms with Crippen molar-refractivity contribution in [2.24, 2.45) is 0 Å². The summed E-state index contributed by atoms with van der Waals surface area (Å²) in [5, 5.41) is 0. The molecule has 0 aliphatic rings. The van der Waals surface area contributed by atoms with E-state index in [0.717, 1.165) is 16.7 Å². The summed E-state index contributed by atoms with van der Waals surface area (Å²) in [6, 6.07) is 26.2. The number of hydrogen-bond acceptors (Lipinski definition) is 2. The molecule has 4 heteroatoms. The van der Waals surface area contributed by atoms with E-state index in [1.165, 1.54) is 0 Å². The molecule has 0 aliphatic carbocycles. The van der Waals surface area contributed by atoms with Crippen molar-refractivity contribution < 1.29 is 8.42 Å². The Morgan fingerprint density at radius 2 is 1.17 bits per heavy atom. The van der Waals surface area contributed by atoms with Crippen LogP contribution < -0.4 is 4.72 Å². The molecule has 0 bridgehead atoms. The lowest BCUT2D eigenvalue weighted by Gasteiger charge is -2.08. The quantitative estimate of drug-likeness (QED) is 0.775. The van der Waals surface area contributed by atoms with Crippen LogP contribution in [0.2, 0.25) is 0 Å². The molecule has 0 aromatic heterocycles. The van der Waals surface area contributed by atoms with Gasteiger partial charge in [-0.15, -0.1) is 0 Å². The van der Waals surface area contributed by atoms with Gasteiger partial charge in [-0.2, -0.15) is 0 Å². The molecule has 0 saturated heterocycles. The third-order valence-corrected chi connectivity index (χ3v) is 5.00. The van der Waals surface area contributed by atoms with Crippen LogP contribution in [0, 0.1) is 0 Å². The molecule has 3 rings (SSSR count). The van der Waals surface area contributed by atoms with E-state index < -0.39 is 10.0 Å². The van der Waals surface area contributed by atoms with Crippen LogP contribution >= 0.6 is 0 Å². The predicted molar refractivity (Wildman–Crippen MR) is 92.3 cm³/mol. The number of nitrogens with one attached hydrogen (secondary N) is 1. The van der Waals surface area contributed by atoms with Crippen LogP contribution in [0.4, 0.5) is 0 Å². The Morgan fingerprint density at radius 3 is 1.78 bits per heavy atom. The van der Waals surface area contributed by atoms with Crippen LogP contribution in [0.15, 0.2) is 89.8 Å².